The largest absolute Gasteiger partial charge is 0.489 e. The predicted molar refractivity (Wildman–Crippen MR) is 144 cm³/mol. The Morgan fingerprint density at radius 3 is 2.00 bits per heavy atom. The minimum absolute atomic E-state index is 0.115. The molecule has 0 aliphatic rings. The maximum atomic E-state index is 14.3. The van der Waals surface area contributed by atoms with Gasteiger partial charge in [0.25, 0.3) is 0 Å². The first kappa shape index (κ1) is 27.8. The monoisotopic (exact) mass is 532 g/mol. The van der Waals surface area contributed by atoms with Crippen molar-refractivity contribution in [3.05, 3.63) is 125 Å². The first-order chi connectivity index (χ1) is 18.9. The van der Waals surface area contributed by atoms with E-state index in [9.17, 15) is 18.7 Å². The first-order valence-corrected chi connectivity index (χ1v) is 12.5. The maximum absolute atomic E-state index is 14.3. The van der Waals surface area contributed by atoms with Gasteiger partial charge in [-0.15, -0.1) is 0 Å². The molecule has 0 radical (unpaired) electrons. The van der Waals surface area contributed by atoms with Gasteiger partial charge in [0.2, 0.25) is 0 Å². The summed E-state index contributed by atoms with van der Waals surface area (Å²) in [5, 5.41) is 9.31. The standard InChI is InChI=1S/C31H30F2N2O4/c32-25-15-13-22(14-16-25)21-38-28-10-4-1-7-23(28)19-35(18-17-27(34)31(36)37)20-24-8-2-5-11-29(24)39-30-12-6-3-9-26(30)33/h1-16,27H,17-21,34H2,(H,36,37). The lowest BCUT2D eigenvalue weighted by Gasteiger charge is -2.25. The number of carboxylic acids is 1. The summed E-state index contributed by atoms with van der Waals surface area (Å²) in [6.07, 6.45) is 0.226. The Labute approximate surface area is 226 Å². The van der Waals surface area contributed by atoms with E-state index in [2.05, 4.69) is 0 Å². The van der Waals surface area contributed by atoms with E-state index in [1.54, 1.807) is 36.4 Å². The van der Waals surface area contributed by atoms with E-state index < -0.39 is 17.8 Å². The van der Waals surface area contributed by atoms with E-state index in [4.69, 9.17) is 15.2 Å². The van der Waals surface area contributed by atoms with Gasteiger partial charge in [0.15, 0.2) is 11.6 Å². The fourth-order valence-electron chi connectivity index (χ4n) is 4.04. The van der Waals surface area contributed by atoms with Crippen molar-refractivity contribution in [2.24, 2.45) is 5.73 Å². The zero-order valence-corrected chi connectivity index (χ0v) is 21.3. The van der Waals surface area contributed by atoms with Gasteiger partial charge in [-0.1, -0.05) is 60.7 Å². The second kappa shape index (κ2) is 13.5. The average molecular weight is 533 g/mol. The summed E-state index contributed by atoms with van der Waals surface area (Å²) in [6, 6.07) is 26.2. The molecule has 0 fully saturated rings. The van der Waals surface area contributed by atoms with Gasteiger partial charge in [-0.05, 0) is 48.4 Å². The molecule has 0 aromatic heterocycles. The van der Waals surface area contributed by atoms with Crippen LogP contribution in [0.4, 0.5) is 8.78 Å². The molecule has 6 nitrogen and oxygen atoms in total. The second-order valence-electron chi connectivity index (χ2n) is 9.11. The number of nitrogens with two attached hydrogens (primary N) is 1. The van der Waals surface area contributed by atoms with E-state index in [1.807, 2.05) is 47.4 Å². The van der Waals surface area contributed by atoms with Crippen molar-refractivity contribution in [2.75, 3.05) is 6.54 Å². The molecule has 4 aromatic rings. The summed E-state index contributed by atoms with van der Waals surface area (Å²) < 4.78 is 39.5. The summed E-state index contributed by atoms with van der Waals surface area (Å²) in [4.78, 5) is 13.4. The van der Waals surface area contributed by atoms with Crippen LogP contribution >= 0.6 is 0 Å². The molecule has 202 valence electrons. The molecule has 0 heterocycles. The number of rotatable bonds is 13. The highest BCUT2D eigenvalue weighted by atomic mass is 19.1. The zero-order chi connectivity index (χ0) is 27.6. The molecule has 1 atom stereocenters. The molecule has 0 bridgehead atoms. The van der Waals surface area contributed by atoms with Gasteiger partial charge in [0.1, 0.15) is 30.0 Å². The molecule has 39 heavy (non-hydrogen) atoms. The van der Waals surface area contributed by atoms with Gasteiger partial charge in [-0.3, -0.25) is 9.69 Å². The van der Waals surface area contributed by atoms with Crippen LogP contribution in [0.1, 0.15) is 23.1 Å². The molecule has 0 spiro atoms. The number of carboxylic acid groups (broad SMARTS) is 1. The van der Waals surface area contributed by atoms with Crippen molar-refractivity contribution in [3.8, 4) is 17.2 Å². The van der Waals surface area contributed by atoms with Crippen LogP contribution in [0.3, 0.4) is 0 Å². The van der Waals surface area contributed by atoms with Crippen LogP contribution in [-0.4, -0.2) is 28.6 Å². The number of carbonyl (C=O) groups is 1. The fraction of sp³-hybridized carbons (Fsp3) is 0.194. The highest BCUT2D eigenvalue weighted by Gasteiger charge is 2.18. The molecule has 8 heteroatoms. The molecule has 4 aromatic carbocycles. The van der Waals surface area contributed by atoms with Crippen LogP contribution in [0.5, 0.6) is 17.2 Å². The van der Waals surface area contributed by atoms with Crippen molar-refractivity contribution < 1.29 is 28.2 Å². The Hall–Kier alpha value is -4.27. The Kier molecular flexibility index (Phi) is 9.61. The lowest BCUT2D eigenvalue weighted by molar-refractivity contribution is -0.138. The predicted octanol–water partition coefficient (Wildman–Crippen LogP) is 6.14. The van der Waals surface area contributed by atoms with Crippen molar-refractivity contribution in [1.82, 2.24) is 4.90 Å². The summed E-state index contributed by atoms with van der Waals surface area (Å²) in [5.41, 5.74) is 8.32. The molecular formula is C31H30F2N2O4. The van der Waals surface area contributed by atoms with Crippen LogP contribution in [0.15, 0.2) is 97.1 Å². The number of aliphatic carboxylic acids is 1. The molecule has 1 unspecified atom stereocenters. The third-order valence-corrected chi connectivity index (χ3v) is 6.17. The Bertz CT molecular complexity index is 1380. The lowest BCUT2D eigenvalue weighted by atomic mass is 10.1. The van der Waals surface area contributed by atoms with Crippen molar-refractivity contribution in [3.63, 3.8) is 0 Å². The average Bonchev–Trinajstić information content (AvgIpc) is 2.94. The van der Waals surface area contributed by atoms with Crippen LogP contribution in [0, 0.1) is 11.6 Å². The van der Waals surface area contributed by atoms with E-state index in [0.717, 1.165) is 16.7 Å². The van der Waals surface area contributed by atoms with Crippen LogP contribution in [0.25, 0.3) is 0 Å². The van der Waals surface area contributed by atoms with Crippen LogP contribution in [-0.2, 0) is 24.5 Å². The molecule has 0 aliphatic heterocycles. The Morgan fingerprint density at radius 1 is 0.795 bits per heavy atom. The number of para-hydroxylation sites is 3. The summed E-state index contributed by atoms with van der Waals surface area (Å²) in [7, 11) is 0. The second-order valence-corrected chi connectivity index (χ2v) is 9.11. The third-order valence-electron chi connectivity index (χ3n) is 6.17. The smallest absolute Gasteiger partial charge is 0.320 e. The number of hydrogen-bond acceptors (Lipinski definition) is 5. The molecule has 0 amide bonds. The van der Waals surface area contributed by atoms with E-state index >= 15 is 0 Å². The highest BCUT2D eigenvalue weighted by Crippen LogP contribution is 2.29. The zero-order valence-electron chi connectivity index (χ0n) is 21.3. The van der Waals surface area contributed by atoms with Gasteiger partial charge < -0.3 is 20.3 Å². The normalized spacial score (nSPS) is 11.8. The maximum Gasteiger partial charge on any atom is 0.320 e. The summed E-state index contributed by atoms with van der Waals surface area (Å²) in [6.45, 7) is 1.47. The molecule has 0 saturated heterocycles. The number of ether oxygens (including phenoxy) is 2. The van der Waals surface area contributed by atoms with Crippen molar-refractivity contribution in [1.29, 1.82) is 0 Å². The fourth-order valence-corrected chi connectivity index (χ4v) is 4.04. The van der Waals surface area contributed by atoms with Crippen LogP contribution < -0.4 is 15.2 Å². The molecule has 4 rings (SSSR count). The number of halogens is 2. The summed E-state index contributed by atoms with van der Waals surface area (Å²) in [5.74, 6) is -0.580. The lowest BCUT2D eigenvalue weighted by Crippen LogP contribution is -2.35. The van der Waals surface area contributed by atoms with Gasteiger partial charge in [-0.2, -0.15) is 0 Å². The quantitative estimate of drug-likeness (QED) is 0.215. The first-order valence-electron chi connectivity index (χ1n) is 12.5. The molecule has 0 aliphatic carbocycles. The highest BCUT2D eigenvalue weighted by molar-refractivity contribution is 5.73. The van der Waals surface area contributed by atoms with E-state index in [-0.39, 0.29) is 24.6 Å². The van der Waals surface area contributed by atoms with Gasteiger partial charge in [0, 0.05) is 30.8 Å². The molecule has 0 saturated carbocycles. The van der Waals surface area contributed by atoms with Crippen molar-refractivity contribution in [2.45, 2.75) is 32.2 Å². The van der Waals surface area contributed by atoms with Crippen LogP contribution in [0.2, 0.25) is 0 Å². The van der Waals surface area contributed by atoms with Gasteiger partial charge >= 0.3 is 5.97 Å². The van der Waals surface area contributed by atoms with E-state index in [1.165, 1.54) is 18.2 Å². The summed E-state index contributed by atoms with van der Waals surface area (Å²) >= 11 is 0. The topological polar surface area (TPSA) is 85.0 Å². The SMILES string of the molecule is NC(CCN(Cc1ccccc1OCc1ccc(F)cc1)Cc1ccccc1Oc1ccccc1F)C(=O)O. The van der Waals surface area contributed by atoms with Crippen molar-refractivity contribution >= 4 is 5.97 Å². The minimum Gasteiger partial charge on any atom is -0.489 e. The van der Waals surface area contributed by atoms with Gasteiger partial charge in [0.05, 0.1) is 0 Å². The van der Waals surface area contributed by atoms with Gasteiger partial charge in [-0.25, -0.2) is 8.78 Å². The minimum atomic E-state index is -1.07. The number of nitrogens with zero attached hydrogens (tertiary/aromatic N) is 1. The molecular weight excluding hydrogens is 502 g/mol. The third kappa shape index (κ3) is 8.10. The Morgan fingerprint density at radius 2 is 1.36 bits per heavy atom. The van der Waals surface area contributed by atoms with E-state index in [0.29, 0.717) is 31.1 Å². The number of benzene rings is 4. The number of hydrogen-bond donors (Lipinski definition) is 2. The Balaban J connectivity index is 1.54. The molecule has 3 N–H and O–H groups in total.